The van der Waals surface area contributed by atoms with Gasteiger partial charge in [-0.25, -0.2) is 4.39 Å². The van der Waals surface area contributed by atoms with Crippen molar-refractivity contribution in [2.24, 2.45) is 11.8 Å². The Bertz CT molecular complexity index is 1290. The third-order valence-corrected chi connectivity index (χ3v) is 6.15. The second-order valence-electron chi connectivity index (χ2n) is 8.68. The molecular weight excluding hydrogens is 461 g/mol. The van der Waals surface area contributed by atoms with E-state index in [1.54, 1.807) is 43.3 Å². The fraction of sp³-hybridized carbons (Fsp3) is 0.240. The van der Waals surface area contributed by atoms with E-state index in [0.29, 0.717) is 16.4 Å². The van der Waals surface area contributed by atoms with Gasteiger partial charge >= 0.3 is 0 Å². The minimum Gasteiger partial charge on any atom is -0.390 e. The Morgan fingerprint density at radius 3 is 2.29 bits per heavy atom. The van der Waals surface area contributed by atoms with Gasteiger partial charge in [0.2, 0.25) is 11.8 Å². The van der Waals surface area contributed by atoms with Crippen molar-refractivity contribution in [3.05, 3.63) is 88.1 Å². The van der Waals surface area contributed by atoms with E-state index in [-0.39, 0.29) is 24.1 Å². The first-order valence-electron chi connectivity index (χ1n) is 10.7. The van der Waals surface area contributed by atoms with E-state index in [1.165, 1.54) is 29.0 Å². The Balaban J connectivity index is 1.51. The highest BCUT2D eigenvalue weighted by molar-refractivity contribution is 6.30. The van der Waals surface area contributed by atoms with Crippen LogP contribution in [0.3, 0.4) is 0 Å². The van der Waals surface area contributed by atoms with Gasteiger partial charge in [-0.05, 0) is 62.2 Å². The average Bonchev–Trinajstić information content (AvgIpc) is 3.13. The molecule has 0 saturated heterocycles. The number of benzene rings is 2. The summed E-state index contributed by atoms with van der Waals surface area (Å²) < 4.78 is 16.1. The lowest BCUT2D eigenvalue weighted by molar-refractivity contribution is -0.128. The van der Waals surface area contributed by atoms with Crippen molar-refractivity contribution in [3.8, 4) is 5.69 Å². The topological polar surface area (TPSA) is 100 Å². The predicted octanol–water partition coefficient (Wildman–Crippen LogP) is 3.98. The molecule has 1 fully saturated rings. The Kier molecular flexibility index (Phi) is 6.54. The maximum absolute atomic E-state index is 14.8. The zero-order valence-electron chi connectivity index (χ0n) is 18.3. The summed E-state index contributed by atoms with van der Waals surface area (Å²) in [5.41, 5.74) is -0.800. The van der Waals surface area contributed by atoms with Crippen LogP contribution in [-0.2, 0) is 9.59 Å². The highest BCUT2D eigenvalue weighted by Crippen LogP contribution is 2.40. The van der Waals surface area contributed by atoms with Crippen molar-refractivity contribution in [2.45, 2.75) is 25.4 Å². The fourth-order valence-electron chi connectivity index (χ4n) is 4.26. The van der Waals surface area contributed by atoms with Crippen LogP contribution in [0.15, 0.2) is 71.7 Å². The van der Waals surface area contributed by atoms with E-state index in [1.807, 2.05) is 0 Å². The summed E-state index contributed by atoms with van der Waals surface area (Å²) in [7, 11) is 0. The van der Waals surface area contributed by atoms with Crippen LogP contribution >= 0.6 is 11.6 Å². The number of nitrogens with zero attached hydrogens (tertiary/aromatic N) is 1. The first-order valence-corrected chi connectivity index (χ1v) is 11.1. The number of aromatic nitrogens is 1. The van der Waals surface area contributed by atoms with Crippen LogP contribution < -0.4 is 16.2 Å². The second kappa shape index (κ2) is 9.40. The van der Waals surface area contributed by atoms with Gasteiger partial charge < -0.3 is 15.7 Å². The number of hydrogen-bond donors (Lipinski definition) is 3. The van der Waals surface area contributed by atoms with Crippen LogP contribution in [0.1, 0.15) is 19.8 Å². The number of halogens is 2. The maximum Gasteiger partial charge on any atom is 0.255 e. The van der Waals surface area contributed by atoms with Crippen molar-refractivity contribution >= 4 is 34.8 Å². The number of carbonyl (C=O) groups is 2. The third-order valence-electron chi connectivity index (χ3n) is 5.90. The molecule has 7 nitrogen and oxygen atoms in total. The van der Waals surface area contributed by atoms with E-state index in [4.69, 9.17) is 11.6 Å². The van der Waals surface area contributed by atoms with Crippen molar-refractivity contribution in [1.82, 2.24) is 4.57 Å². The minimum atomic E-state index is -1.22. The quantitative estimate of drug-likeness (QED) is 0.511. The molecule has 1 unspecified atom stereocenters. The summed E-state index contributed by atoms with van der Waals surface area (Å²) in [5.74, 6) is -3.39. The van der Waals surface area contributed by atoms with E-state index in [2.05, 4.69) is 10.6 Å². The monoisotopic (exact) mass is 483 g/mol. The Hall–Kier alpha value is -3.49. The maximum atomic E-state index is 14.8. The summed E-state index contributed by atoms with van der Waals surface area (Å²) in [6, 6.07) is 15.1. The molecule has 176 valence electrons. The molecule has 2 aromatic carbocycles. The fourth-order valence-corrected chi connectivity index (χ4v) is 4.38. The molecular formula is C25H23ClFN3O4. The van der Waals surface area contributed by atoms with Crippen LogP contribution in [-0.4, -0.2) is 27.1 Å². The van der Waals surface area contributed by atoms with Gasteiger partial charge in [-0.3, -0.25) is 19.0 Å². The third kappa shape index (κ3) is 5.18. The normalized spacial score (nSPS) is 21.8. The molecule has 2 amide bonds. The van der Waals surface area contributed by atoms with E-state index in [9.17, 15) is 23.9 Å². The average molecular weight is 484 g/mol. The zero-order chi connectivity index (χ0) is 24.5. The molecule has 1 saturated carbocycles. The smallest absolute Gasteiger partial charge is 0.255 e. The lowest BCUT2D eigenvalue weighted by atomic mass is 9.94. The van der Waals surface area contributed by atoms with Crippen LogP contribution in [0, 0.1) is 17.7 Å². The van der Waals surface area contributed by atoms with E-state index >= 15 is 0 Å². The number of nitrogens with one attached hydrogen (secondary N) is 2. The second-order valence-corrected chi connectivity index (χ2v) is 9.11. The van der Waals surface area contributed by atoms with Gasteiger partial charge in [0, 0.05) is 29.0 Å². The molecule has 3 N–H and O–H groups in total. The van der Waals surface area contributed by atoms with Crippen molar-refractivity contribution in [1.29, 1.82) is 0 Å². The molecule has 0 aliphatic heterocycles. The molecule has 0 spiro atoms. The van der Waals surface area contributed by atoms with E-state index in [0.717, 1.165) is 6.07 Å². The number of amides is 2. The molecule has 3 atom stereocenters. The summed E-state index contributed by atoms with van der Waals surface area (Å²) in [5, 5.41) is 16.4. The first-order chi connectivity index (χ1) is 16.1. The van der Waals surface area contributed by atoms with Crippen molar-refractivity contribution < 1.29 is 19.1 Å². The number of aliphatic hydroxyl groups is 1. The Labute approximate surface area is 200 Å². The highest BCUT2D eigenvalue weighted by atomic mass is 35.5. The molecule has 9 heteroatoms. The van der Waals surface area contributed by atoms with Gasteiger partial charge in [0.15, 0.2) is 0 Å². The number of hydrogen-bond acceptors (Lipinski definition) is 4. The molecule has 1 aliphatic carbocycles. The summed E-state index contributed by atoms with van der Waals surface area (Å²) in [6.45, 7) is 1.57. The van der Waals surface area contributed by atoms with Crippen molar-refractivity contribution in [2.75, 3.05) is 10.6 Å². The van der Waals surface area contributed by atoms with Crippen LogP contribution in [0.25, 0.3) is 5.69 Å². The molecule has 0 bridgehead atoms. The van der Waals surface area contributed by atoms with Gasteiger partial charge in [0.05, 0.1) is 28.8 Å². The lowest BCUT2D eigenvalue weighted by Crippen LogP contribution is -2.33. The zero-order valence-corrected chi connectivity index (χ0v) is 19.1. The van der Waals surface area contributed by atoms with Crippen LogP contribution in [0.5, 0.6) is 0 Å². The Morgan fingerprint density at radius 1 is 1.03 bits per heavy atom. The van der Waals surface area contributed by atoms with Gasteiger partial charge in [0.25, 0.3) is 5.56 Å². The predicted molar refractivity (Wildman–Crippen MR) is 128 cm³/mol. The molecule has 1 aliphatic rings. The number of pyridine rings is 1. The van der Waals surface area contributed by atoms with Gasteiger partial charge in [-0.15, -0.1) is 0 Å². The Morgan fingerprint density at radius 2 is 1.68 bits per heavy atom. The number of anilines is 2. The van der Waals surface area contributed by atoms with Gasteiger partial charge in [0.1, 0.15) is 5.82 Å². The number of carbonyl (C=O) groups excluding carboxylic acids is 2. The van der Waals surface area contributed by atoms with Crippen LogP contribution in [0.4, 0.5) is 15.8 Å². The molecule has 1 aromatic heterocycles. The van der Waals surface area contributed by atoms with E-state index < -0.39 is 35.1 Å². The molecule has 3 aromatic rings. The summed E-state index contributed by atoms with van der Waals surface area (Å²) in [6.07, 6.45) is 1.65. The number of rotatable bonds is 5. The first kappa shape index (κ1) is 23.7. The summed E-state index contributed by atoms with van der Waals surface area (Å²) >= 11 is 5.87. The van der Waals surface area contributed by atoms with Crippen molar-refractivity contribution in [3.63, 3.8) is 0 Å². The lowest BCUT2D eigenvalue weighted by Gasteiger charge is -2.19. The van der Waals surface area contributed by atoms with Gasteiger partial charge in [-0.2, -0.15) is 0 Å². The SMILES string of the molecule is CC1(O)C[C@H](C(=O)Nc2ccc(Cl)cc2)[C@@H](C(=O)Nc2ccc(-n3ccccc3=O)cc2F)C1. The largest absolute Gasteiger partial charge is 0.390 e. The molecule has 34 heavy (non-hydrogen) atoms. The summed E-state index contributed by atoms with van der Waals surface area (Å²) in [4.78, 5) is 37.9. The molecule has 1 heterocycles. The standard InChI is InChI=1S/C25H23ClFN3O4/c1-25(34)13-18(23(32)28-16-7-5-15(26)6-8-16)19(14-25)24(33)29-21-10-9-17(12-20(21)27)30-11-3-2-4-22(30)31/h2-12,18-19,34H,13-14H2,1H3,(H,28,32)(H,29,33)/t18-,19-,25?/m0/s1. The molecule has 4 rings (SSSR count). The molecule has 0 radical (unpaired) electrons. The minimum absolute atomic E-state index is 0.0522. The van der Waals surface area contributed by atoms with Gasteiger partial charge in [-0.1, -0.05) is 17.7 Å². The highest BCUT2D eigenvalue weighted by Gasteiger charge is 2.48. The van der Waals surface area contributed by atoms with Crippen LogP contribution in [0.2, 0.25) is 5.02 Å².